The van der Waals surface area contributed by atoms with Crippen LogP contribution in [0.3, 0.4) is 0 Å². The third-order valence-corrected chi connectivity index (χ3v) is 3.53. The van der Waals surface area contributed by atoms with E-state index >= 15 is 0 Å². The lowest BCUT2D eigenvalue weighted by molar-refractivity contribution is -0.124. The largest absolute Gasteiger partial charge is 0.493 e. The molecule has 20 heavy (non-hydrogen) atoms. The Labute approximate surface area is 119 Å². The molecule has 0 aliphatic heterocycles. The number of carbonyl (C=O) groups excluding carboxylic acids is 1. The van der Waals surface area contributed by atoms with Gasteiger partial charge in [0.15, 0.2) is 11.5 Å². The van der Waals surface area contributed by atoms with E-state index in [2.05, 4.69) is 5.32 Å². The zero-order chi connectivity index (χ0) is 14.5. The second kappa shape index (κ2) is 6.61. The van der Waals surface area contributed by atoms with Crippen molar-refractivity contribution in [3.05, 3.63) is 23.8 Å². The topological polar surface area (TPSA) is 73.6 Å². The fraction of sp³-hybridized carbons (Fsp3) is 0.533. The molecular formula is C15H22N2O3. The van der Waals surface area contributed by atoms with Crippen LogP contribution in [0.15, 0.2) is 18.2 Å². The Morgan fingerprint density at radius 1 is 1.40 bits per heavy atom. The lowest BCUT2D eigenvalue weighted by atomic mass is 9.97. The van der Waals surface area contributed by atoms with E-state index in [0.29, 0.717) is 30.5 Å². The minimum atomic E-state index is -0.239. The van der Waals surface area contributed by atoms with Crippen LogP contribution in [0.4, 0.5) is 0 Å². The molecule has 1 atom stereocenters. The van der Waals surface area contributed by atoms with Crippen LogP contribution in [0.2, 0.25) is 0 Å². The highest BCUT2D eigenvalue weighted by Crippen LogP contribution is 2.32. The van der Waals surface area contributed by atoms with E-state index < -0.39 is 0 Å². The maximum atomic E-state index is 12.1. The first-order valence-electron chi connectivity index (χ1n) is 6.90. The minimum Gasteiger partial charge on any atom is -0.493 e. The molecule has 1 fully saturated rings. The van der Waals surface area contributed by atoms with Crippen LogP contribution in [-0.2, 0) is 11.2 Å². The van der Waals surface area contributed by atoms with Crippen LogP contribution in [0.5, 0.6) is 11.5 Å². The van der Waals surface area contributed by atoms with Crippen molar-refractivity contribution < 1.29 is 14.3 Å². The second-order valence-electron chi connectivity index (χ2n) is 5.07. The van der Waals surface area contributed by atoms with Gasteiger partial charge in [-0.05, 0) is 30.9 Å². The first-order valence-corrected chi connectivity index (χ1v) is 6.90. The molecule has 0 spiro atoms. The fourth-order valence-electron chi connectivity index (χ4n) is 2.21. The van der Waals surface area contributed by atoms with Gasteiger partial charge in [0.1, 0.15) is 0 Å². The highest BCUT2D eigenvalue weighted by molar-refractivity contribution is 5.80. The number of hydrogen-bond acceptors (Lipinski definition) is 4. The molecule has 1 aromatic rings. The van der Waals surface area contributed by atoms with E-state index in [0.717, 1.165) is 18.4 Å². The average Bonchev–Trinajstić information content (AvgIpc) is 3.27. The number of nitrogens with two attached hydrogens (primary N) is 1. The van der Waals surface area contributed by atoms with Crippen LogP contribution in [-0.4, -0.2) is 32.7 Å². The number of carbonyl (C=O) groups is 1. The Hall–Kier alpha value is -1.75. The number of methoxy groups -OCH3 is 2. The van der Waals surface area contributed by atoms with Gasteiger partial charge in [0.05, 0.1) is 20.1 Å². The zero-order valence-electron chi connectivity index (χ0n) is 12.0. The smallest absolute Gasteiger partial charge is 0.224 e. The van der Waals surface area contributed by atoms with Gasteiger partial charge in [0.25, 0.3) is 0 Å². The van der Waals surface area contributed by atoms with Crippen LogP contribution in [0.1, 0.15) is 18.4 Å². The van der Waals surface area contributed by atoms with Gasteiger partial charge in [0.2, 0.25) is 5.91 Å². The number of para-hydroxylation sites is 1. The normalized spacial score (nSPS) is 15.6. The molecule has 1 aliphatic carbocycles. The number of nitrogens with one attached hydrogen (secondary N) is 1. The molecule has 1 unspecified atom stereocenters. The molecule has 0 aromatic heterocycles. The van der Waals surface area contributed by atoms with E-state index in [1.54, 1.807) is 14.2 Å². The molecule has 0 radical (unpaired) electrons. The maximum absolute atomic E-state index is 12.1. The standard InChI is InChI=1S/C15H22N2O3/c1-19-13-5-3-4-10(14(13)20-2)8-11(9-16)15(18)17-12-6-7-12/h3-5,11-12H,6-9,16H2,1-2H3,(H,17,18). The molecule has 110 valence electrons. The van der Waals surface area contributed by atoms with Gasteiger partial charge >= 0.3 is 0 Å². The quantitative estimate of drug-likeness (QED) is 0.783. The highest BCUT2D eigenvalue weighted by Gasteiger charge is 2.27. The molecule has 1 aliphatic rings. The summed E-state index contributed by atoms with van der Waals surface area (Å²) in [7, 11) is 3.20. The van der Waals surface area contributed by atoms with Crippen molar-refractivity contribution in [3.63, 3.8) is 0 Å². The summed E-state index contributed by atoms with van der Waals surface area (Å²) in [6, 6.07) is 6.02. The SMILES string of the molecule is COc1cccc(CC(CN)C(=O)NC2CC2)c1OC. The van der Waals surface area contributed by atoms with Crippen molar-refractivity contribution in [1.29, 1.82) is 0 Å². The Morgan fingerprint density at radius 3 is 2.70 bits per heavy atom. The first kappa shape index (κ1) is 14.7. The second-order valence-corrected chi connectivity index (χ2v) is 5.07. The predicted octanol–water partition coefficient (Wildman–Crippen LogP) is 1.10. The van der Waals surface area contributed by atoms with E-state index in [1.165, 1.54) is 0 Å². The number of rotatable bonds is 7. The lowest BCUT2D eigenvalue weighted by Crippen LogP contribution is -2.37. The molecule has 0 heterocycles. The monoisotopic (exact) mass is 278 g/mol. The summed E-state index contributed by atoms with van der Waals surface area (Å²) in [4.78, 5) is 12.1. The van der Waals surface area contributed by atoms with Crippen LogP contribution in [0.25, 0.3) is 0 Å². The van der Waals surface area contributed by atoms with Crippen LogP contribution in [0, 0.1) is 5.92 Å². The van der Waals surface area contributed by atoms with Gasteiger partial charge in [-0.1, -0.05) is 12.1 Å². The van der Waals surface area contributed by atoms with Crippen molar-refractivity contribution in [2.24, 2.45) is 11.7 Å². The molecule has 0 bridgehead atoms. The first-order chi connectivity index (χ1) is 9.69. The molecule has 1 saturated carbocycles. The number of benzene rings is 1. The third kappa shape index (κ3) is 3.42. The van der Waals surface area contributed by atoms with Gasteiger partial charge in [0, 0.05) is 12.6 Å². The molecular weight excluding hydrogens is 256 g/mol. The Kier molecular flexibility index (Phi) is 4.84. The Balaban J connectivity index is 2.11. The summed E-state index contributed by atoms with van der Waals surface area (Å²) >= 11 is 0. The fourth-order valence-corrected chi connectivity index (χ4v) is 2.21. The van der Waals surface area contributed by atoms with Gasteiger partial charge in [-0.3, -0.25) is 4.79 Å². The summed E-state index contributed by atoms with van der Waals surface area (Å²) in [5, 5.41) is 3.00. The van der Waals surface area contributed by atoms with Gasteiger partial charge in [-0.2, -0.15) is 0 Å². The number of ether oxygens (including phenoxy) is 2. The predicted molar refractivity (Wildman–Crippen MR) is 77.0 cm³/mol. The van der Waals surface area contributed by atoms with Crippen molar-refractivity contribution in [2.75, 3.05) is 20.8 Å². The molecule has 5 heteroatoms. The Bertz CT molecular complexity index is 472. The van der Waals surface area contributed by atoms with Crippen molar-refractivity contribution >= 4 is 5.91 Å². The highest BCUT2D eigenvalue weighted by atomic mass is 16.5. The number of hydrogen-bond donors (Lipinski definition) is 2. The Morgan fingerprint density at radius 2 is 2.15 bits per heavy atom. The molecule has 0 saturated heterocycles. The van der Waals surface area contributed by atoms with Crippen molar-refractivity contribution in [3.8, 4) is 11.5 Å². The van der Waals surface area contributed by atoms with E-state index in [-0.39, 0.29) is 11.8 Å². The molecule has 5 nitrogen and oxygen atoms in total. The zero-order valence-corrected chi connectivity index (χ0v) is 12.0. The summed E-state index contributed by atoms with van der Waals surface area (Å²) in [6.45, 7) is 0.318. The van der Waals surface area contributed by atoms with Crippen molar-refractivity contribution in [2.45, 2.75) is 25.3 Å². The molecule has 1 aromatic carbocycles. The summed E-state index contributed by atoms with van der Waals surface area (Å²) in [5.41, 5.74) is 6.69. The van der Waals surface area contributed by atoms with Crippen LogP contribution >= 0.6 is 0 Å². The summed E-state index contributed by atoms with van der Waals surface area (Å²) in [5.74, 6) is 1.13. The summed E-state index contributed by atoms with van der Waals surface area (Å²) < 4.78 is 10.7. The van der Waals surface area contributed by atoms with E-state index in [1.807, 2.05) is 18.2 Å². The minimum absolute atomic E-state index is 0.0277. The number of amides is 1. The van der Waals surface area contributed by atoms with Gasteiger partial charge in [-0.15, -0.1) is 0 Å². The molecule has 3 N–H and O–H groups in total. The van der Waals surface area contributed by atoms with Gasteiger partial charge < -0.3 is 20.5 Å². The van der Waals surface area contributed by atoms with E-state index in [9.17, 15) is 4.79 Å². The maximum Gasteiger partial charge on any atom is 0.224 e. The van der Waals surface area contributed by atoms with E-state index in [4.69, 9.17) is 15.2 Å². The average molecular weight is 278 g/mol. The van der Waals surface area contributed by atoms with Crippen molar-refractivity contribution in [1.82, 2.24) is 5.32 Å². The van der Waals surface area contributed by atoms with Gasteiger partial charge in [-0.25, -0.2) is 0 Å². The van der Waals surface area contributed by atoms with Crippen LogP contribution < -0.4 is 20.5 Å². The molecule has 2 rings (SSSR count). The third-order valence-electron chi connectivity index (χ3n) is 3.53. The molecule has 1 amide bonds. The summed E-state index contributed by atoms with van der Waals surface area (Å²) in [6.07, 6.45) is 2.70. The lowest BCUT2D eigenvalue weighted by Gasteiger charge is -2.17.